The normalized spacial score (nSPS) is 14.9. The molecule has 1 unspecified atom stereocenters. The molecule has 0 N–H and O–H groups in total. The van der Waals surface area contributed by atoms with Gasteiger partial charge in [0.25, 0.3) is 0 Å². The van der Waals surface area contributed by atoms with Gasteiger partial charge < -0.3 is 4.74 Å². The van der Waals surface area contributed by atoms with E-state index in [1.807, 2.05) is 0 Å². The third-order valence-electron chi connectivity index (χ3n) is 5.00. The van der Waals surface area contributed by atoms with Gasteiger partial charge in [-0.15, -0.1) is 10.2 Å². The first-order valence-electron chi connectivity index (χ1n) is 10.4. The van der Waals surface area contributed by atoms with E-state index in [4.69, 9.17) is 16.3 Å². The number of hydrogen-bond acceptors (Lipinski definition) is 6. The number of benzene rings is 2. The lowest BCUT2D eigenvalue weighted by Gasteiger charge is -2.30. The predicted octanol–water partition coefficient (Wildman–Crippen LogP) is 6.06. The molecule has 0 saturated heterocycles. The first-order valence-corrected chi connectivity index (χ1v) is 11.8. The number of carbonyl (C=O) groups excluding carboxylic acids is 1. The van der Waals surface area contributed by atoms with Crippen molar-refractivity contribution in [2.24, 2.45) is 0 Å². The average Bonchev–Trinajstić information content (AvgIpc) is 2.93. The van der Waals surface area contributed by atoms with Crippen molar-refractivity contribution in [3.8, 4) is 17.1 Å². The first kappa shape index (κ1) is 22.5. The molecule has 2 heterocycles. The Morgan fingerprint density at radius 3 is 2.81 bits per heavy atom. The van der Waals surface area contributed by atoms with Crippen LogP contribution in [0.5, 0.6) is 5.88 Å². The molecule has 0 bridgehead atoms. The minimum absolute atomic E-state index is 0.193. The Morgan fingerprint density at radius 1 is 1.22 bits per heavy atom. The van der Waals surface area contributed by atoms with Crippen molar-refractivity contribution in [2.45, 2.75) is 44.5 Å². The highest BCUT2D eigenvalue weighted by Crippen LogP contribution is 2.44. The maximum absolute atomic E-state index is 14.1. The topological polar surface area (TPSA) is 68.2 Å². The summed E-state index contributed by atoms with van der Waals surface area (Å²) in [6.07, 6.45) is 1.38. The molecular weight excluding hydrogens is 451 g/mol. The molecule has 166 valence electrons. The van der Waals surface area contributed by atoms with Gasteiger partial charge in [0.15, 0.2) is 5.69 Å². The van der Waals surface area contributed by atoms with Crippen LogP contribution in [-0.2, 0) is 4.79 Å². The second kappa shape index (κ2) is 9.83. The van der Waals surface area contributed by atoms with Crippen molar-refractivity contribution in [3.63, 3.8) is 0 Å². The number of amides is 1. The third kappa shape index (κ3) is 4.56. The van der Waals surface area contributed by atoms with Crippen LogP contribution in [0.2, 0.25) is 5.02 Å². The minimum Gasteiger partial charge on any atom is -0.447 e. The third-order valence-corrected chi connectivity index (χ3v) is 6.16. The number of aromatic nitrogens is 3. The smallest absolute Gasteiger partial charge is 0.247 e. The molecule has 1 aliphatic rings. The monoisotopic (exact) mass is 472 g/mol. The summed E-state index contributed by atoms with van der Waals surface area (Å²) in [5.41, 5.74) is 2.00. The van der Waals surface area contributed by atoms with E-state index in [-0.39, 0.29) is 18.2 Å². The summed E-state index contributed by atoms with van der Waals surface area (Å²) in [5.74, 6) is 0.462. The van der Waals surface area contributed by atoms with E-state index in [0.29, 0.717) is 32.7 Å². The maximum Gasteiger partial charge on any atom is 0.247 e. The Bertz CT molecular complexity index is 1150. The van der Waals surface area contributed by atoms with Crippen LogP contribution >= 0.6 is 23.4 Å². The molecule has 3 aromatic rings. The van der Waals surface area contributed by atoms with Gasteiger partial charge in [-0.3, -0.25) is 9.69 Å². The first-order chi connectivity index (χ1) is 15.5. The minimum atomic E-state index is -0.926. The number of anilines is 1. The van der Waals surface area contributed by atoms with Crippen LogP contribution < -0.4 is 9.64 Å². The summed E-state index contributed by atoms with van der Waals surface area (Å²) in [6.45, 7) is 3.88. The number of ether oxygens (including phenoxy) is 1. The highest BCUT2D eigenvalue weighted by molar-refractivity contribution is 7.99. The van der Waals surface area contributed by atoms with E-state index < -0.39 is 12.0 Å². The number of fused-ring (bicyclic) bond motifs is 3. The fraction of sp³-hybridized carbons (Fsp3) is 0.304. The van der Waals surface area contributed by atoms with E-state index in [2.05, 4.69) is 22.1 Å². The van der Waals surface area contributed by atoms with Crippen molar-refractivity contribution >= 4 is 35.0 Å². The zero-order valence-electron chi connectivity index (χ0n) is 17.7. The van der Waals surface area contributed by atoms with Gasteiger partial charge in [-0.2, -0.15) is 4.98 Å². The molecule has 1 atom stereocenters. The van der Waals surface area contributed by atoms with E-state index in [1.54, 1.807) is 37.3 Å². The zero-order chi connectivity index (χ0) is 22.7. The molecule has 2 aromatic carbocycles. The number of unbranched alkanes of at least 4 members (excludes halogenated alkanes) is 1. The summed E-state index contributed by atoms with van der Waals surface area (Å²) in [4.78, 5) is 19.2. The molecule has 0 spiro atoms. The molecular formula is C23H22ClFN4O2S. The second-order valence-electron chi connectivity index (χ2n) is 7.25. The zero-order valence-corrected chi connectivity index (χ0v) is 19.3. The highest BCUT2D eigenvalue weighted by Gasteiger charge is 2.35. The molecule has 32 heavy (non-hydrogen) atoms. The van der Waals surface area contributed by atoms with Crippen LogP contribution in [0.25, 0.3) is 11.3 Å². The molecule has 0 aliphatic carbocycles. The Kier molecular flexibility index (Phi) is 6.91. The van der Waals surface area contributed by atoms with Gasteiger partial charge >= 0.3 is 0 Å². The van der Waals surface area contributed by atoms with Gasteiger partial charge in [0, 0.05) is 28.3 Å². The van der Waals surface area contributed by atoms with Gasteiger partial charge in [-0.1, -0.05) is 55.8 Å². The molecule has 6 nitrogen and oxygen atoms in total. The van der Waals surface area contributed by atoms with Crippen LogP contribution in [0.4, 0.5) is 10.1 Å². The van der Waals surface area contributed by atoms with E-state index in [1.165, 1.54) is 28.8 Å². The van der Waals surface area contributed by atoms with E-state index in [9.17, 15) is 9.18 Å². The highest BCUT2D eigenvalue weighted by atomic mass is 35.5. The quantitative estimate of drug-likeness (QED) is 0.321. The standard InChI is InChI=1S/C23H22ClFN4O2S/c1-3-5-11-32-23-26-21-20(27-28-23)17-13-15(24)9-10-18(17)29(19(30)4-2)22(31-21)14-7-6-8-16(25)12-14/h6-10,12-13,22H,3-5,11H2,1-2H3. The van der Waals surface area contributed by atoms with Crippen LogP contribution in [-0.4, -0.2) is 26.8 Å². The molecule has 0 radical (unpaired) electrons. The summed E-state index contributed by atoms with van der Waals surface area (Å²) in [5, 5.41) is 9.59. The number of nitrogens with zero attached hydrogens (tertiary/aromatic N) is 4. The van der Waals surface area contributed by atoms with Crippen LogP contribution in [0.3, 0.4) is 0 Å². The number of thioether (sulfide) groups is 1. The lowest BCUT2D eigenvalue weighted by Crippen LogP contribution is -2.37. The largest absolute Gasteiger partial charge is 0.447 e. The number of rotatable bonds is 6. The maximum atomic E-state index is 14.1. The van der Waals surface area contributed by atoms with E-state index >= 15 is 0 Å². The molecule has 0 saturated carbocycles. The Hall–Kier alpha value is -2.71. The van der Waals surface area contributed by atoms with Gasteiger partial charge in [-0.25, -0.2) is 4.39 Å². The van der Waals surface area contributed by atoms with Gasteiger partial charge in [0.2, 0.25) is 23.2 Å². The van der Waals surface area contributed by atoms with Crippen molar-refractivity contribution in [1.29, 1.82) is 0 Å². The molecule has 1 amide bonds. The Morgan fingerprint density at radius 2 is 2.06 bits per heavy atom. The fourth-order valence-electron chi connectivity index (χ4n) is 3.42. The molecule has 1 aliphatic heterocycles. The molecule has 0 fully saturated rings. The van der Waals surface area contributed by atoms with Crippen molar-refractivity contribution in [2.75, 3.05) is 10.7 Å². The lowest BCUT2D eigenvalue weighted by molar-refractivity contribution is -0.120. The lowest BCUT2D eigenvalue weighted by atomic mass is 10.1. The summed E-state index contributed by atoms with van der Waals surface area (Å²) in [6, 6.07) is 11.1. The molecule has 1 aromatic heterocycles. The Balaban J connectivity index is 1.90. The average molecular weight is 473 g/mol. The van der Waals surface area contributed by atoms with Crippen LogP contribution in [0.15, 0.2) is 47.6 Å². The predicted molar refractivity (Wildman–Crippen MR) is 123 cm³/mol. The van der Waals surface area contributed by atoms with Crippen molar-refractivity contribution in [1.82, 2.24) is 15.2 Å². The van der Waals surface area contributed by atoms with Crippen LogP contribution in [0, 0.1) is 5.82 Å². The van der Waals surface area contributed by atoms with Crippen molar-refractivity contribution in [3.05, 3.63) is 58.9 Å². The van der Waals surface area contributed by atoms with E-state index in [0.717, 1.165) is 18.6 Å². The van der Waals surface area contributed by atoms with Gasteiger partial charge in [-0.05, 0) is 36.8 Å². The summed E-state index contributed by atoms with van der Waals surface area (Å²) in [7, 11) is 0. The fourth-order valence-corrected chi connectivity index (χ4v) is 4.46. The van der Waals surface area contributed by atoms with Crippen LogP contribution in [0.1, 0.15) is 44.9 Å². The summed E-state index contributed by atoms with van der Waals surface area (Å²) < 4.78 is 20.4. The number of hydrogen-bond donors (Lipinski definition) is 0. The molecule has 4 rings (SSSR count). The molecule has 9 heteroatoms. The van der Waals surface area contributed by atoms with Gasteiger partial charge in [0.1, 0.15) is 5.82 Å². The van der Waals surface area contributed by atoms with Gasteiger partial charge in [0.05, 0.1) is 5.69 Å². The SMILES string of the molecule is CCCCSc1nnc2c(n1)OC(c1cccc(F)c1)N(C(=O)CC)c1ccc(Cl)cc1-2. The Labute approximate surface area is 195 Å². The second-order valence-corrected chi connectivity index (χ2v) is 8.75. The van der Waals surface area contributed by atoms with Crippen molar-refractivity contribution < 1.29 is 13.9 Å². The summed E-state index contributed by atoms with van der Waals surface area (Å²) >= 11 is 7.77. The number of carbonyl (C=O) groups is 1. The number of halogens is 2.